The number of H-pyrrole nitrogens is 1. The van der Waals surface area contributed by atoms with Crippen molar-refractivity contribution in [1.29, 1.82) is 0 Å². The first-order valence-corrected chi connectivity index (χ1v) is 4.65. The maximum absolute atomic E-state index is 6.00. The first-order valence-electron chi connectivity index (χ1n) is 4.28. The van der Waals surface area contributed by atoms with Gasteiger partial charge in [0.2, 0.25) is 0 Å². The van der Waals surface area contributed by atoms with Crippen LogP contribution in [-0.4, -0.2) is 16.9 Å². The molecule has 0 aliphatic rings. The number of aromatic nitrogens is 2. The van der Waals surface area contributed by atoms with Crippen molar-refractivity contribution in [1.82, 2.24) is 10.2 Å². The second-order valence-corrected chi connectivity index (χ2v) is 3.30. The minimum atomic E-state index is 0.624. The van der Waals surface area contributed by atoms with Gasteiger partial charge in [0.05, 0.1) is 22.4 Å². The van der Waals surface area contributed by atoms with Gasteiger partial charge in [-0.3, -0.25) is 5.10 Å². The van der Waals surface area contributed by atoms with Crippen LogP contribution in [-0.2, 0) is 0 Å². The number of hydrogen-bond donors (Lipinski definition) is 1. The number of nitrogens with zero attached hydrogens (tertiary/aromatic N) is 3. The van der Waals surface area contributed by atoms with Gasteiger partial charge >= 0.3 is 0 Å². The predicted molar refractivity (Wildman–Crippen MR) is 63.3 cm³/mol. The molecule has 1 aromatic heterocycles. The zero-order valence-electron chi connectivity index (χ0n) is 7.94. The van der Waals surface area contributed by atoms with Gasteiger partial charge in [0, 0.05) is 18.3 Å². The molecule has 0 aliphatic carbocycles. The summed E-state index contributed by atoms with van der Waals surface area (Å²) in [6.07, 6.45) is 3.26. The molecule has 0 radical (unpaired) electrons. The summed E-state index contributed by atoms with van der Waals surface area (Å²) >= 11 is 6.00. The summed E-state index contributed by atoms with van der Waals surface area (Å²) in [7, 11) is 0. The molecule has 0 atom stereocenters. The number of hydrogen-bond acceptors (Lipinski definition) is 3. The summed E-state index contributed by atoms with van der Waals surface area (Å²) in [5.74, 6) is 0. The molecular formula is C10H9ClN4. The monoisotopic (exact) mass is 220 g/mol. The molecular weight excluding hydrogens is 212 g/mol. The average molecular weight is 221 g/mol. The summed E-state index contributed by atoms with van der Waals surface area (Å²) in [6, 6.07) is 3.62. The van der Waals surface area contributed by atoms with Crippen molar-refractivity contribution in [2.75, 3.05) is 5.01 Å². The minimum absolute atomic E-state index is 0.624. The maximum Gasteiger partial charge on any atom is 0.0858 e. The van der Waals surface area contributed by atoms with E-state index < -0.39 is 0 Å². The van der Waals surface area contributed by atoms with Crippen LogP contribution >= 0.6 is 11.6 Å². The molecule has 4 nitrogen and oxygen atoms in total. The van der Waals surface area contributed by atoms with E-state index in [0.29, 0.717) is 5.02 Å². The smallest absolute Gasteiger partial charge is 0.0858 e. The quantitative estimate of drug-likeness (QED) is 0.639. The van der Waals surface area contributed by atoms with E-state index in [0.717, 1.165) is 16.6 Å². The summed E-state index contributed by atoms with van der Waals surface area (Å²) in [4.78, 5) is 0. The Labute approximate surface area is 91.8 Å². The van der Waals surface area contributed by atoms with Gasteiger partial charge in [-0.1, -0.05) is 18.2 Å². The zero-order chi connectivity index (χ0) is 10.8. The minimum Gasteiger partial charge on any atom is -0.276 e. The number of halogens is 1. The number of aromatic amines is 1. The van der Waals surface area contributed by atoms with Gasteiger partial charge < -0.3 is 0 Å². The molecule has 5 heteroatoms. The van der Waals surface area contributed by atoms with Gasteiger partial charge in [0.25, 0.3) is 0 Å². The van der Waals surface area contributed by atoms with E-state index in [4.69, 9.17) is 11.6 Å². The zero-order valence-corrected chi connectivity index (χ0v) is 8.70. The molecule has 0 fully saturated rings. The van der Waals surface area contributed by atoms with Crippen LogP contribution in [0.2, 0.25) is 5.02 Å². The molecule has 76 valence electrons. The van der Waals surface area contributed by atoms with E-state index in [1.807, 2.05) is 6.07 Å². The van der Waals surface area contributed by atoms with E-state index in [1.54, 1.807) is 23.5 Å². The fourth-order valence-corrected chi connectivity index (χ4v) is 1.63. The molecule has 0 bridgehead atoms. The second kappa shape index (κ2) is 3.74. The molecule has 1 aromatic carbocycles. The number of fused-ring (bicyclic) bond motifs is 1. The van der Waals surface area contributed by atoms with Crippen molar-refractivity contribution in [2.24, 2.45) is 5.10 Å². The molecule has 0 unspecified atom stereocenters. The molecule has 0 spiro atoms. The first kappa shape index (κ1) is 9.73. The molecule has 2 rings (SSSR count). The third-order valence-electron chi connectivity index (χ3n) is 2.11. The number of nitrogens with one attached hydrogen (secondary N) is 1. The fraction of sp³-hybridized carbons (Fsp3) is 0. The second-order valence-electron chi connectivity index (χ2n) is 2.89. The lowest BCUT2D eigenvalue weighted by Crippen LogP contribution is -2.05. The van der Waals surface area contributed by atoms with Gasteiger partial charge in [-0.2, -0.15) is 10.2 Å². The normalized spacial score (nSPS) is 10.2. The van der Waals surface area contributed by atoms with Gasteiger partial charge in [-0.25, -0.2) is 5.01 Å². The van der Waals surface area contributed by atoms with Crippen molar-refractivity contribution in [3.05, 3.63) is 36.1 Å². The highest BCUT2D eigenvalue weighted by molar-refractivity contribution is 6.35. The lowest BCUT2D eigenvalue weighted by atomic mass is 10.2. The van der Waals surface area contributed by atoms with Crippen molar-refractivity contribution in [2.45, 2.75) is 0 Å². The van der Waals surface area contributed by atoms with Gasteiger partial charge in [0.1, 0.15) is 0 Å². The van der Waals surface area contributed by atoms with Gasteiger partial charge in [-0.15, -0.1) is 0 Å². The summed E-state index contributed by atoms with van der Waals surface area (Å²) < 4.78 is 0. The highest BCUT2D eigenvalue weighted by Crippen LogP contribution is 2.30. The van der Waals surface area contributed by atoms with Crippen molar-refractivity contribution >= 4 is 34.9 Å². The van der Waals surface area contributed by atoms with Crippen LogP contribution in [0.3, 0.4) is 0 Å². The number of anilines is 1. The standard InChI is InChI=1S/C10H9ClN4/c1-3-15(12-2)9-5-4-8(11)10-7(9)6-13-14-10/h3-6H,1-2H2,(H,13,14). The van der Waals surface area contributed by atoms with Gasteiger partial charge in [-0.05, 0) is 12.1 Å². The average Bonchev–Trinajstić information content (AvgIpc) is 2.72. The molecule has 0 saturated heterocycles. The topological polar surface area (TPSA) is 44.3 Å². The summed E-state index contributed by atoms with van der Waals surface area (Å²) in [5, 5.41) is 13.7. The Morgan fingerprint density at radius 2 is 2.33 bits per heavy atom. The predicted octanol–water partition coefficient (Wildman–Crippen LogP) is 2.78. The molecule has 1 N–H and O–H groups in total. The highest BCUT2D eigenvalue weighted by atomic mass is 35.5. The SMILES string of the molecule is C=CN(N=C)c1ccc(Cl)c2[nH]ncc12. The van der Waals surface area contributed by atoms with E-state index in [1.165, 1.54) is 0 Å². The molecule has 15 heavy (non-hydrogen) atoms. The lowest BCUT2D eigenvalue weighted by Gasteiger charge is -2.13. The van der Waals surface area contributed by atoms with Crippen LogP contribution in [0.4, 0.5) is 5.69 Å². The van der Waals surface area contributed by atoms with Crippen LogP contribution in [0.15, 0.2) is 36.2 Å². The Balaban J connectivity index is 2.71. The van der Waals surface area contributed by atoms with Crippen LogP contribution in [0.5, 0.6) is 0 Å². The number of benzene rings is 1. The Hall–Kier alpha value is -1.81. The van der Waals surface area contributed by atoms with E-state index >= 15 is 0 Å². The number of hydrazone groups is 1. The molecule has 2 aromatic rings. The molecule has 1 heterocycles. The van der Waals surface area contributed by atoms with E-state index in [9.17, 15) is 0 Å². The summed E-state index contributed by atoms with van der Waals surface area (Å²) in [6.45, 7) is 7.11. The van der Waals surface area contributed by atoms with Crippen LogP contribution in [0.1, 0.15) is 0 Å². The fourth-order valence-electron chi connectivity index (χ4n) is 1.42. The largest absolute Gasteiger partial charge is 0.276 e. The molecule has 0 saturated carbocycles. The number of rotatable bonds is 3. The Morgan fingerprint density at radius 1 is 1.53 bits per heavy atom. The van der Waals surface area contributed by atoms with Crippen molar-refractivity contribution < 1.29 is 0 Å². The third kappa shape index (κ3) is 1.49. The summed E-state index contributed by atoms with van der Waals surface area (Å²) in [5.41, 5.74) is 1.62. The highest BCUT2D eigenvalue weighted by Gasteiger charge is 2.09. The lowest BCUT2D eigenvalue weighted by molar-refractivity contribution is 1.10. The first-order chi connectivity index (χ1) is 7.27. The molecule has 0 amide bonds. The van der Waals surface area contributed by atoms with E-state index in [2.05, 4.69) is 28.6 Å². The molecule has 0 aliphatic heterocycles. The van der Waals surface area contributed by atoms with Crippen LogP contribution < -0.4 is 5.01 Å². The van der Waals surface area contributed by atoms with Crippen molar-refractivity contribution in [3.8, 4) is 0 Å². The van der Waals surface area contributed by atoms with Gasteiger partial charge in [0.15, 0.2) is 0 Å². The maximum atomic E-state index is 6.00. The van der Waals surface area contributed by atoms with Crippen LogP contribution in [0.25, 0.3) is 10.9 Å². The third-order valence-corrected chi connectivity index (χ3v) is 2.43. The van der Waals surface area contributed by atoms with E-state index in [-0.39, 0.29) is 0 Å². The van der Waals surface area contributed by atoms with Crippen LogP contribution in [0, 0.1) is 0 Å². The Kier molecular flexibility index (Phi) is 2.43. The Morgan fingerprint density at radius 3 is 3.00 bits per heavy atom. The van der Waals surface area contributed by atoms with Crippen molar-refractivity contribution in [3.63, 3.8) is 0 Å². The Bertz CT molecular complexity index is 509.